The Morgan fingerprint density at radius 3 is 2.37 bits per heavy atom. The maximum absolute atomic E-state index is 13.4. The van der Waals surface area contributed by atoms with Crippen molar-refractivity contribution in [3.8, 4) is 6.07 Å². The fourth-order valence-electron chi connectivity index (χ4n) is 1.19. The van der Waals surface area contributed by atoms with E-state index in [2.05, 4.69) is 9.97 Å². The molecule has 0 radical (unpaired) electrons. The Labute approximate surface area is 107 Å². The molecule has 0 amide bonds. The van der Waals surface area contributed by atoms with Crippen LogP contribution in [0.1, 0.15) is 32.4 Å². The Bertz CT molecular complexity index is 549. The maximum atomic E-state index is 13.4. The molecule has 0 spiro atoms. The molecule has 1 unspecified atom stereocenters. The molecule has 1 aromatic heterocycles. The fourth-order valence-corrected chi connectivity index (χ4v) is 1.19. The van der Waals surface area contributed by atoms with Crippen LogP contribution in [0, 0.1) is 29.2 Å². The van der Waals surface area contributed by atoms with Gasteiger partial charge in [0.15, 0.2) is 5.92 Å². The number of ether oxygens (including phenoxy) is 1. The Morgan fingerprint density at radius 1 is 1.32 bits per heavy atom. The van der Waals surface area contributed by atoms with Gasteiger partial charge in [0.2, 0.25) is 5.82 Å². The van der Waals surface area contributed by atoms with Gasteiger partial charge in [-0.05, 0) is 20.8 Å². The molecule has 102 valence electrons. The SMILES string of the molecule is CC(C)(C)OC(=O)C(C#N)c1nc(F)nc(F)c1F. The summed E-state index contributed by atoms with van der Waals surface area (Å²) in [5.41, 5.74) is -1.92. The Morgan fingerprint density at radius 2 is 1.89 bits per heavy atom. The molecule has 0 fully saturated rings. The van der Waals surface area contributed by atoms with Crippen molar-refractivity contribution in [2.45, 2.75) is 32.3 Å². The number of hydrogen-bond acceptors (Lipinski definition) is 5. The lowest BCUT2D eigenvalue weighted by Gasteiger charge is -2.21. The zero-order valence-corrected chi connectivity index (χ0v) is 10.4. The third-order valence-corrected chi connectivity index (χ3v) is 1.85. The molecule has 1 aromatic rings. The number of esters is 1. The molecule has 0 aliphatic carbocycles. The van der Waals surface area contributed by atoms with Crippen LogP contribution in [0.2, 0.25) is 0 Å². The second-order valence-corrected chi connectivity index (χ2v) is 4.58. The lowest BCUT2D eigenvalue weighted by Crippen LogP contribution is -2.28. The zero-order valence-electron chi connectivity index (χ0n) is 10.4. The van der Waals surface area contributed by atoms with Crippen molar-refractivity contribution in [1.82, 2.24) is 9.97 Å². The molecule has 5 nitrogen and oxygen atoms in total. The highest BCUT2D eigenvalue weighted by Crippen LogP contribution is 2.22. The van der Waals surface area contributed by atoms with Gasteiger partial charge in [0.25, 0.3) is 5.95 Å². The standard InChI is InChI=1S/C11H10F3N3O2/c1-11(2,3)19-9(18)5(4-15)7-6(12)8(13)17-10(14)16-7/h5H,1-3H3. The molecular weight excluding hydrogens is 263 g/mol. The predicted molar refractivity (Wildman–Crippen MR) is 56.1 cm³/mol. The van der Waals surface area contributed by atoms with E-state index in [1.807, 2.05) is 0 Å². The quantitative estimate of drug-likeness (QED) is 0.467. The fraction of sp³-hybridized carbons (Fsp3) is 0.455. The van der Waals surface area contributed by atoms with E-state index >= 15 is 0 Å². The predicted octanol–water partition coefficient (Wildman–Crippen LogP) is 1.84. The van der Waals surface area contributed by atoms with Gasteiger partial charge in [0.1, 0.15) is 11.3 Å². The first kappa shape index (κ1) is 14.9. The highest BCUT2D eigenvalue weighted by Gasteiger charge is 2.32. The number of nitrogens with zero attached hydrogens (tertiary/aromatic N) is 3. The summed E-state index contributed by atoms with van der Waals surface area (Å²) in [7, 11) is 0. The van der Waals surface area contributed by atoms with Crippen molar-refractivity contribution >= 4 is 5.97 Å². The molecule has 1 atom stereocenters. The molecular formula is C11H10F3N3O2. The topological polar surface area (TPSA) is 75.9 Å². The molecule has 0 aliphatic heterocycles. The van der Waals surface area contributed by atoms with Gasteiger partial charge in [-0.1, -0.05) is 0 Å². The monoisotopic (exact) mass is 273 g/mol. The summed E-state index contributed by atoms with van der Waals surface area (Å²) >= 11 is 0. The molecule has 1 rings (SSSR count). The van der Waals surface area contributed by atoms with E-state index in [4.69, 9.17) is 10.00 Å². The van der Waals surface area contributed by atoms with Gasteiger partial charge in [0, 0.05) is 0 Å². The van der Waals surface area contributed by atoms with Gasteiger partial charge in [-0.15, -0.1) is 0 Å². The summed E-state index contributed by atoms with van der Waals surface area (Å²) in [6.45, 7) is 4.57. The highest BCUT2D eigenvalue weighted by atomic mass is 19.2. The minimum absolute atomic E-state index is 0.938. The van der Waals surface area contributed by atoms with Gasteiger partial charge in [0.05, 0.1) is 6.07 Å². The van der Waals surface area contributed by atoms with E-state index in [-0.39, 0.29) is 0 Å². The molecule has 0 aromatic carbocycles. The Balaban J connectivity index is 3.19. The molecule has 0 saturated heterocycles. The lowest BCUT2D eigenvalue weighted by molar-refractivity contribution is -0.155. The number of rotatable bonds is 2. The van der Waals surface area contributed by atoms with Crippen LogP contribution in [0.5, 0.6) is 0 Å². The van der Waals surface area contributed by atoms with Crippen LogP contribution in [-0.2, 0) is 9.53 Å². The van der Waals surface area contributed by atoms with Crippen LogP contribution in [0.4, 0.5) is 13.2 Å². The van der Waals surface area contributed by atoms with Crippen LogP contribution in [0.3, 0.4) is 0 Å². The lowest BCUT2D eigenvalue weighted by atomic mass is 10.1. The molecule has 19 heavy (non-hydrogen) atoms. The summed E-state index contributed by atoms with van der Waals surface area (Å²) in [5, 5.41) is 8.83. The number of aromatic nitrogens is 2. The highest BCUT2D eigenvalue weighted by molar-refractivity contribution is 5.81. The third kappa shape index (κ3) is 3.64. The number of carbonyl (C=O) groups is 1. The van der Waals surface area contributed by atoms with Gasteiger partial charge in [-0.3, -0.25) is 4.79 Å². The van der Waals surface area contributed by atoms with Gasteiger partial charge < -0.3 is 4.74 Å². The van der Waals surface area contributed by atoms with Crippen molar-refractivity contribution in [1.29, 1.82) is 5.26 Å². The van der Waals surface area contributed by atoms with Gasteiger partial charge >= 0.3 is 12.0 Å². The minimum Gasteiger partial charge on any atom is -0.459 e. The van der Waals surface area contributed by atoms with Crippen molar-refractivity contribution < 1.29 is 22.7 Å². The van der Waals surface area contributed by atoms with Crippen LogP contribution in [-0.4, -0.2) is 21.5 Å². The zero-order chi connectivity index (χ0) is 14.8. The van der Waals surface area contributed by atoms with Crippen molar-refractivity contribution in [2.24, 2.45) is 0 Å². The second-order valence-electron chi connectivity index (χ2n) is 4.58. The number of halogens is 3. The smallest absolute Gasteiger partial charge is 0.330 e. The van der Waals surface area contributed by atoms with Crippen LogP contribution in [0.25, 0.3) is 0 Å². The summed E-state index contributed by atoms with van der Waals surface area (Å²) in [5.74, 6) is -6.44. The van der Waals surface area contributed by atoms with Crippen molar-refractivity contribution in [2.75, 3.05) is 0 Å². The Hall–Kier alpha value is -2.17. The summed E-state index contributed by atoms with van der Waals surface area (Å²) in [6, 6.07) is 1.40. The molecule has 0 saturated carbocycles. The van der Waals surface area contributed by atoms with Crippen LogP contribution >= 0.6 is 0 Å². The average molecular weight is 273 g/mol. The third-order valence-electron chi connectivity index (χ3n) is 1.85. The van der Waals surface area contributed by atoms with Crippen molar-refractivity contribution in [3.63, 3.8) is 0 Å². The normalized spacial score (nSPS) is 12.7. The first-order valence-corrected chi connectivity index (χ1v) is 5.16. The van der Waals surface area contributed by atoms with Crippen molar-refractivity contribution in [3.05, 3.63) is 23.5 Å². The number of nitriles is 1. The Kier molecular flexibility index (Phi) is 4.09. The first-order chi connectivity index (χ1) is 8.65. The number of hydrogen-bond donors (Lipinski definition) is 0. The van der Waals surface area contributed by atoms with Gasteiger partial charge in [-0.25, -0.2) is 4.98 Å². The van der Waals surface area contributed by atoms with Crippen LogP contribution < -0.4 is 0 Å². The molecule has 1 heterocycles. The maximum Gasteiger partial charge on any atom is 0.330 e. The van der Waals surface area contributed by atoms with E-state index in [9.17, 15) is 18.0 Å². The van der Waals surface area contributed by atoms with E-state index in [1.54, 1.807) is 0 Å². The summed E-state index contributed by atoms with van der Waals surface area (Å²) < 4.78 is 44.0. The van der Waals surface area contributed by atoms with Gasteiger partial charge in [-0.2, -0.15) is 23.4 Å². The largest absolute Gasteiger partial charge is 0.459 e. The molecule has 0 N–H and O–H groups in total. The van der Waals surface area contributed by atoms with E-state index in [0.29, 0.717) is 0 Å². The number of carbonyl (C=O) groups excluding carboxylic acids is 1. The molecule has 0 aliphatic rings. The van der Waals surface area contributed by atoms with E-state index in [0.717, 1.165) is 0 Å². The van der Waals surface area contributed by atoms with E-state index in [1.165, 1.54) is 26.8 Å². The second kappa shape index (κ2) is 5.22. The molecule has 0 bridgehead atoms. The summed E-state index contributed by atoms with van der Waals surface area (Å²) in [4.78, 5) is 17.1. The minimum atomic E-state index is -1.87. The first-order valence-electron chi connectivity index (χ1n) is 5.16. The average Bonchev–Trinajstić information content (AvgIpc) is 2.23. The van der Waals surface area contributed by atoms with E-state index < -0.39 is 41.0 Å². The molecule has 8 heteroatoms. The van der Waals surface area contributed by atoms with Crippen LogP contribution in [0.15, 0.2) is 0 Å². The summed E-state index contributed by atoms with van der Waals surface area (Å²) in [6.07, 6.45) is -1.57.